The Morgan fingerprint density at radius 2 is 1.67 bits per heavy atom. The van der Waals surface area contributed by atoms with Gasteiger partial charge in [-0.25, -0.2) is 0 Å². The third-order valence-corrected chi connectivity index (χ3v) is 4.86. The van der Waals surface area contributed by atoms with Crippen LogP contribution in [-0.2, 0) is 4.79 Å². The predicted molar refractivity (Wildman–Crippen MR) is 112 cm³/mol. The largest absolute Gasteiger partial charge is 0.497 e. The summed E-state index contributed by atoms with van der Waals surface area (Å²) >= 11 is 1.12. The van der Waals surface area contributed by atoms with Crippen LogP contribution in [0.15, 0.2) is 46.0 Å². The van der Waals surface area contributed by atoms with Crippen LogP contribution in [-0.4, -0.2) is 50.3 Å². The van der Waals surface area contributed by atoms with Gasteiger partial charge in [0.1, 0.15) is 11.5 Å². The van der Waals surface area contributed by atoms with E-state index in [4.69, 9.17) is 23.4 Å². The number of ether oxygens (including phenoxy) is 4. The van der Waals surface area contributed by atoms with Crippen molar-refractivity contribution < 1.29 is 28.2 Å². The number of nitrogens with zero attached hydrogens (tertiary/aromatic N) is 2. The quantitative estimate of drug-likeness (QED) is 0.510. The van der Waals surface area contributed by atoms with Crippen molar-refractivity contribution in [3.8, 4) is 34.5 Å². The van der Waals surface area contributed by atoms with Crippen molar-refractivity contribution in [2.45, 2.75) is 5.22 Å². The number of benzene rings is 2. The van der Waals surface area contributed by atoms with E-state index in [9.17, 15) is 4.79 Å². The molecule has 1 amide bonds. The maximum Gasteiger partial charge on any atom is 0.277 e. The van der Waals surface area contributed by atoms with Gasteiger partial charge in [0.05, 0.1) is 39.8 Å². The average molecular weight is 431 g/mol. The first-order valence-electron chi connectivity index (χ1n) is 8.78. The summed E-state index contributed by atoms with van der Waals surface area (Å²) in [5.41, 5.74) is 1.19. The first-order valence-corrected chi connectivity index (χ1v) is 9.77. The molecular weight excluding hydrogens is 410 g/mol. The van der Waals surface area contributed by atoms with E-state index in [0.29, 0.717) is 34.2 Å². The number of hydrogen-bond acceptors (Lipinski definition) is 9. The molecular formula is C20H21N3O6S. The lowest BCUT2D eigenvalue weighted by Gasteiger charge is -2.10. The van der Waals surface area contributed by atoms with E-state index >= 15 is 0 Å². The first-order chi connectivity index (χ1) is 14.6. The molecule has 0 spiro atoms. The van der Waals surface area contributed by atoms with Crippen molar-refractivity contribution in [1.82, 2.24) is 10.2 Å². The van der Waals surface area contributed by atoms with E-state index in [1.54, 1.807) is 57.7 Å². The molecule has 30 heavy (non-hydrogen) atoms. The number of amides is 1. The van der Waals surface area contributed by atoms with Crippen LogP contribution in [0.25, 0.3) is 11.5 Å². The van der Waals surface area contributed by atoms with Gasteiger partial charge in [0.2, 0.25) is 5.91 Å². The molecule has 0 saturated heterocycles. The van der Waals surface area contributed by atoms with Crippen LogP contribution in [0.4, 0.5) is 5.69 Å². The molecule has 0 bridgehead atoms. The Morgan fingerprint density at radius 1 is 0.933 bits per heavy atom. The summed E-state index contributed by atoms with van der Waals surface area (Å²) in [7, 11) is 6.20. The molecule has 9 nitrogen and oxygen atoms in total. The molecule has 1 N–H and O–H groups in total. The zero-order valence-electron chi connectivity index (χ0n) is 16.9. The van der Waals surface area contributed by atoms with Gasteiger partial charge in [0, 0.05) is 11.8 Å². The molecule has 0 saturated carbocycles. The summed E-state index contributed by atoms with van der Waals surface area (Å²) in [5, 5.41) is 11.1. The first kappa shape index (κ1) is 21.3. The highest BCUT2D eigenvalue weighted by atomic mass is 32.2. The van der Waals surface area contributed by atoms with Gasteiger partial charge in [0.15, 0.2) is 11.5 Å². The monoisotopic (exact) mass is 431 g/mol. The van der Waals surface area contributed by atoms with Crippen molar-refractivity contribution in [3.05, 3.63) is 36.4 Å². The zero-order valence-corrected chi connectivity index (χ0v) is 17.7. The summed E-state index contributed by atoms with van der Waals surface area (Å²) in [4.78, 5) is 12.3. The fourth-order valence-electron chi connectivity index (χ4n) is 2.60. The Labute approximate surface area is 177 Å². The van der Waals surface area contributed by atoms with E-state index in [-0.39, 0.29) is 22.8 Å². The Balaban J connectivity index is 1.64. The lowest BCUT2D eigenvalue weighted by atomic mass is 10.2. The number of thioether (sulfide) groups is 1. The Hall–Kier alpha value is -3.40. The van der Waals surface area contributed by atoms with Crippen molar-refractivity contribution in [3.63, 3.8) is 0 Å². The molecule has 1 heterocycles. The molecule has 1 aromatic heterocycles. The van der Waals surface area contributed by atoms with Gasteiger partial charge in [-0.15, -0.1) is 10.2 Å². The number of methoxy groups -OCH3 is 4. The molecule has 3 aromatic rings. The second-order valence-corrected chi connectivity index (χ2v) is 6.77. The minimum absolute atomic E-state index is 0.0885. The van der Waals surface area contributed by atoms with Gasteiger partial charge in [-0.2, -0.15) is 0 Å². The standard InChI is InChI=1S/C20H21N3O6S/c1-25-13-6-8-15(26-2)14(10-13)19-22-23-20(29-19)30-11-18(24)21-12-5-7-16(27-3)17(9-12)28-4/h5-10H,11H2,1-4H3,(H,21,24). The van der Waals surface area contributed by atoms with E-state index in [1.807, 2.05) is 0 Å². The van der Waals surface area contributed by atoms with Crippen LogP contribution in [0.5, 0.6) is 23.0 Å². The molecule has 0 fully saturated rings. The number of carbonyl (C=O) groups excluding carboxylic acids is 1. The van der Waals surface area contributed by atoms with Gasteiger partial charge in [-0.05, 0) is 30.3 Å². The van der Waals surface area contributed by atoms with Crippen LogP contribution in [0.2, 0.25) is 0 Å². The molecule has 0 aliphatic heterocycles. The highest BCUT2D eigenvalue weighted by Crippen LogP contribution is 2.34. The summed E-state index contributed by atoms with van der Waals surface area (Å²) in [6.45, 7) is 0. The minimum atomic E-state index is -0.231. The van der Waals surface area contributed by atoms with Crippen LogP contribution in [0.1, 0.15) is 0 Å². The summed E-state index contributed by atoms with van der Waals surface area (Å²) in [6, 6.07) is 10.4. The highest BCUT2D eigenvalue weighted by molar-refractivity contribution is 7.99. The van der Waals surface area contributed by atoms with Gasteiger partial charge in [-0.1, -0.05) is 11.8 Å². The number of anilines is 1. The Kier molecular flexibility index (Phi) is 7.02. The molecule has 0 atom stereocenters. The summed E-state index contributed by atoms with van der Waals surface area (Å²) in [5.74, 6) is 2.44. The fourth-order valence-corrected chi connectivity index (χ4v) is 3.16. The molecule has 2 aromatic carbocycles. The lowest BCUT2D eigenvalue weighted by Crippen LogP contribution is -2.14. The van der Waals surface area contributed by atoms with Crippen molar-refractivity contribution in [2.75, 3.05) is 39.5 Å². The van der Waals surface area contributed by atoms with E-state index in [0.717, 1.165) is 11.8 Å². The van der Waals surface area contributed by atoms with Crippen LogP contribution >= 0.6 is 11.8 Å². The second kappa shape index (κ2) is 9.88. The fraction of sp³-hybridized carbons (Fsp3) is 0.250. The van der Waals surface area contributed by atoms with Crippen LogP contribution in [0.3, 0.4) is 0 Å². The molecule has 10 heteroatoms. The van der Waals surface area contributed by atoms with E-state index in [1.165, 1.54) is 7.11 Å². The van der Waals surface area contributed by atoms with Crippen molar-refractivity contribution >= 4 is 23.4 Å². The minimum Gasteiger partial charge on any atom is -0.497 e. The Bertz CT molecular complexity index is 1020. The lowest BCUT2D eigenvalue weighted by molar-refractivity contribution is -0.113. The number of aromatic nitrogens is 2. The second-order valence-electron chi connectivity index (χ2n) is 5.85. The number of hydrogen-bond donors (Lipinski definition) is 1. The molecule has 0 radical (unpaired) electrons. The molecule has 0 aliphatic carbocycles. The molecule has 3 rings (SSSR count). The molecule has 0 unspecified atom stereocenters. The molecule has 158 valence electrons. The summed E-state index contributed by atoms with van der Waals surface area (Å²) < 4.78 is 26.7. The topological polar surface area (TPSA) is 105 Å². The highest BCUT2D eigenvalue weighted by Gasteiger charge is 2.16. The average Bonchev–Trinajstić information content (AvgIpc) is 3.26. The zero-order chi connectivity index (χ0) is 21.5. The third-order valence-electron chi connectivity index (χ3n) is 4.04. The van der Waals surface area contributed by atoms with E-state index in [2.05, 4.69) is 15.5 Å². The van der Waals surface area contributed by atoms with Gasteiger partial charge in [-0.3, -0.25) is 4.79 Å². The SMILES string of the molecule is COc1ccc(OC)c(-c2nnc(SCC(=O)Nc3ccc(OC)c(OC)c3)o2)c1. The normalized spacial score (nSPS) is 10.4. The van der Waals surface area contributed by atoms with Gasteiger partial charge < -0.3 is 28.7 Å². The number of rotatable bonds is 9. The van der Waals surface area contributed by atoms with Gasteiger partial charge >= 0.3 is 0 Å². The number of carbonyl (C=O) groups is 1. The van der Waals surface area contributed by atoms with E-state index < -0.39 is 0 Å². The number of nitrogens with one attached hydrogen (secondary N) is 1. The smallest absolute Gasteiger partial charge is 0.277 e. The third kappa shape index (κ3) is 4.95. The molecule has 0 aliphatic rings. The van der Waals surface area contributed by atoms with Crippen LogP contribution in [0, 0.1) is 0 Å². The predicted octanol–water partition coefficient (Wildman–Crippen LogP) is 3.50. The summed E-state index contributed by atoms with van der Waals surface area (Å²) in [6.07, 6.45) is 0. The van der Waals surface area contributed by atoms with Crippen LogP contribution < -0.4 is 24.3 Å². The maximum atomic E-state index is 12.3. The van der Waals surface area contributed by atoms with Crippen molar-refractivity contribution in [1.29, 1.82) is 0 Å². The van der Waals surface area contributed by atoms with Gasteiger partial charge in [0.25, 0.3) is 11.1 Å². The maximum absolute atomic E-state index is 12.3. The Morgan fingerprint density at radius 3 is 2.37 bits per heavy atom. The van der Waals surface area contributed by atoms with Crippen molar-refractivity contribution in [2.24, 2.45) is 0 Å².